The first-order valence-corrected chi connectivity index (χ1v) is 5.66. The third kappa shape index (κ3) is 2.51. The number of carboxylic acids is 1. The Labute approximate surface area is 104 Å². The number of H-pyrrole nitrogens is 1. The van der Waals surface area contributed by atoms with Gasteiger partial charge in [-0.2, -0.15) is 0 Å². The van der Waals surface area contributed by atoms with Crippen LogP contribution in [0.4, 0.5) is 0 Å². The van der Waals surface area contributed by atoms with Crippen molar-refractivity contribution in [2.75, 3.05) is 0 Å². The van der Waals surface area contributed by atoms with E-state index in [2.05, 4.69) is 4.98 Å². The number of hydrogen-bond acceptors (Lipinski definition) is 2. The number of aromatic nitrogens is 2. The third-order valence-electron chi connectivity index (χ3n) is 2.83. The lowest BCUT2D eigenvalue weighted by molar-refractivity contribution is -0.141. The Bertz CT molecular complexity index is 595. The van der Waals surface area contributed by atoms with Gasteiger partial charge in [-0.25, -0.2) is 4.79 Å². The predicted molar refractivity (Wildman–Crippen MR) is 66.9 cm³/mol. The second-order valence-electron chi connectivity index (χ2n) is 4.25. The smallest absolute Gasteiger partial charge is 0.330 e. The average molecular weight is 246 g/mol. The van der Waals surface area contributed by atoms with Gasteiger partial charge in [0.05, 0.1) is 11.6 Å². The standard InChI is InChI=1S/C13H14N2O3/c1-9(12(16)17)8-10-2-4-11(5-3-10)15-7-6-14-13(15)18/h2-7,9H,8H2,1H3,(H,14,18)(H,16,17). The van der Waals surface area contributed by atoms with Crippen LogP contribution in [0.3, 0.4) is 0 Å². The van der Waals surface area contributed by atoms with Crippen LogP contribution in [0.25, 0.3) is 5.69 Å². The molecule has 5 heteroatoms. The summed E-state index contributed by atoms with van der Waals surface area (Å²) in [6.45, 7) is 1.67. The van der Waals surface area contributed by atoms with Crippen molar-refractivity contribution >= 4 is 5.97 Å². The summed E-state index contributed by atoms with van der Waals surface area (Å²) < 4.78 is 1.49. The van der Waals surface area contributed by atoms with Crippen molar-refractivity contribution in [3.05, 3.63) is 52.7 Å². The first-order valence-electron chi connectivity index (χ1n) is 5.66. The van der Waals surface area contributed by atoms with Crippen molar-refractivity contribution in [2.24, 2.45) is 5.92 Å². The summed E-state index contributed by atoms with van der Waals surface area (Å²) >= 11 is 0. The molecule has 0 aliphatic heterocycles. The fourth-order valence-electron chi connectivity index (χ4n) is 1.76. The number of imidazole rings is 1. The van der Waals surface area contributed by atoms with Crippen LogP contribution in [0.1, 0.15) is 12.5 Å². The Morgan fingerprint density at radius 3 is 2.56 bits per heavy atom. The van der Waals surface area contributed by atoms with Gasteiger partial charge in [0.15, 0.2) is 0 Å². The molecule has 1 atom stereocenters. The molecule has 2 N–H and O–H groups in total. The molecule has 94 valence electrons. The van der Waals surface area contributed by atoms with E-state index < -0.39 is 11.9 Å². The van der Waals surface area contributed by atoms with Crippen molar-refractivity contribution in [3.8, 4) is 5.69 Å². The van der Waals surface area contributed by atoms with Gasteiger partial charge in [0.1, 0.15) is 0 Å². The van der Waals surface area contributed by atoms with Gasteiger partial charge in [-0.3, -0.25) is 9.36 Å². The van der Waals surface area contributed by atoms with Crippen molar-refractivity contribution < 1.29 is 9.90 Å². The van der Waals surface area contributed by atoms with E-state index in [1.807, 2.05) is 12.1 Å². The second-order valence-corrected chi connectivity index (χ2v) is 4.25. The molecule has 0 saturated heterocycles. The largest absolute Gasteiger partial charge is 0.481 e. The molecule has 2 aromatic rings. The quantitative estimate of drug-likeness (QED) is 0.856. The van der Waals surface area contributed by atoms with Crippen LogP contribution in [0, 0.1) is 5.92 Å². The molecular formula is C13H14N2O3. The molecule has 2 rings (SSSR count). The monoisotopic (exact) mass is 246 g/mol. The molecule has 1 heterocycles. The van der Waals surface area contributed by atoms with Gasteiger partial charge in [0.2, 0.25) is 0 Å². The normalized spacial score (nSPS) is 12.3. The number of nitrogens with zero attached hydrogens (tertiary/aromatic N) is 1. The van der Waals surface area contributed by atoms with E-state index in [1.54, 1.807) is 31.5 Å². The topological polar surface area (TPSA) is 75.1 Å². The highest BCUT2D eigenvalue weighted by atomic mass is 16.4. The first kappa shape index (κ1) is 12.2. The molecule has 1 unspecified atom stereocenters. The minimum atomic E-state index is -0.805. The minimum Gasteiger partial charge on any atom is -0.481 e. The summed E-state index contributed by atoms with van der Waals surface area (Å²) in [5.41, 5.74) is 1.51. The number of aromatic amines is 1. The molecule has 18 heavy (non-hydrogen) atoms. The molecule has 0 radical (unpaired) electrons. The maximum Gasteiger partial charge on any atom is 0.330 e. The van der Waals surface area contributed by atoms with Gasteiger partial charge in [-0.1, -0.05) is 19.1 Å². The van der Waals surface area contributed by atoms with E-state index in [0.29, 0.717) is 6.42 Å². The zero-order valence-corrected chi connectivity index (χ0v) is 9.96. The lowest BCUT2D eigenvalue weighted by Crippen LogP contribution is -2.14. The van der Waals surface area contributed by atoms with Gasteiger partial charge in [0, 0.05) is 12.4 Å². The third-order valence-corrected chi connectivity index (χ3v) is 2.83. The van der Waals surface area contributed by atoms with Crippen LogP contribution in [0.2, 0.25) is 0 Å². The van der Waals surface area contributed by atoms with Crippen LogP contribution in [-0.4, -0.2) is 20.6 Å². The zero-order chi connectivity index (χ0) is 13.1. The van der Waals surface area contributed by atoms with Crippen LogP contribution in [0.5, 0.6) is 0 Å². The molecule has 5 nitrogen and oxygen atoms in total. The van der Waals surface area contributed by atoms with Crippen molar-refractivity contribution in [2.45, 2.75) is 13.3 Å². The highest BCUT2D eigenvalue weighted by molar-refractivity contribution is 5.69. The van der Waals surface area contributed by atoms with Crippen molar-refractivity contribution in [1.29, 1.82) is 0 Å². The summed E-state index contributed by atoms with van der Waals surface area (Å²) in [6, 6.07) is 7.29. The van der Waals surface area contributed by atoms with E-state index in [4.69, 9.17) is 5.11 Å². The maximum absolute atomic E-state index is 11.4. The summed E-state index contributed by atoms with van der Waals surface area (Å²) in [7, 11) is 0. The lowest BCUT2D eigenvalue weighted by atomic mass is 10.0. The van der Waals surface area contributed by atoms with Crippen LogP contribution in [-0.2, 0) is 11.2 Å². The summed E-state index contributed by atoms with van der Waals surface area (Å²) in [5.74, 6) is -1.22. The molecule has 1 aromatic heterocycles. The molecule has 0 aliphatic rings. The highest BCUT2D eigenvalue weighted by Gasteiger charge is 2.11. The second kappa shape index (κ2) is 4.91. The number of hydrogen-bond donors (Lipinski definition) is 2. The van der Waals surface area contributed by atoms with E-state index in [-0.39, 0.29) is 5.69 Å². The molecular weight excluding hydrogens is 232 g/mol. The SMILES string of the molecule is CC(Cc1ccc(-n2cc[nH]c2=O)cc1)C(=O)O. The van der Waals surface area contributed by atoms with Crippen LogP contribution >= 0.6 is 0 Å². The predicted octanol–water partition coefficient (Wildman–Crippen LogP) is 1.43. The summed E-state index contributed by atoms with van der Waals surface area (Å²) in [6.07, 6.45) is 3.71. The minimum absolute atomic E-state index is 0.193. The molecule has 0 saturated carbocycles. The Kier molecular flexibility index (Phi) is 3.32. The number of aliphatic carboxylic acids is 1. The van der Waals surface area contributed by atoms with Crippen molar-refractivity contribution in [3.63, 3.8) is 0 Å². The first-order chi connectivity index (χ1) is 8.58. The van der Waals surface area contributed by atoms with E-state index in [9.17, 15) is 9.59 Å². The van der Waals surface area contributed by atoms with Gasteiger partial charge in [0.25, 0.3) is 0 Å². The number of nitrogens with one attached hydrogen (secondary N) is 1. The maximum atomic E-state index is 11.4. The van der Waals surface area contributed by atoms with Gasteiger partial charge >= 0.3 is 11.7 Å². The van der Waals surface area contributed by atoms with Crippen LogP contribution < -0.4 is 5.69 Å². The fourth-order valence-corrected chi connectivity index (χ4v) is 1.76. The van der Waals surface area contributed by atoms with Gasteiger partial charge in [-0.05, 0) is 24.1 Å². The molecule has 1 aromatic carbocycles. The molecule has 0 fully saturated rings. The zero-order valence-electron chi connectivity index (χ0n) is 9.96. The molecule has 0 amide bonds. The fraction of sp³-hybridized carbons (Fsp3) is 0.231. The van der Waals surface area contributed by atoms with Crippen molar-refractivity contribution in [1.82, 2.24) is 9.55 Å². The van der Waals surface area contributed by atoms with E-state index >= 15 is 0 Å². The number of benzene rings is 1. The Morgan fingerprint density at radius 2 is 2.06 bits per heavy atom. The Hall–Kier alpha value is -2.30. The molecule has 0 bridgehead atoms. The van der Waals surface area contributed by atoms with Gasteiger partial charge in [-0.15, -0.1) is 0 Å². The molecule has 0 spiro atoms. The Balaban J connectivity index is 2.18. The average Bonchev–Trinajstić information content (AvgIpc) is 2.76. The van der Waals surface area contributed by atoms with E-state index in [1.165, 1.54) is 4.57 Å². The number of carboxylic acid groups (broad SMARTS) is 1. The summed E-state index contributed by atoms with van der Waals surface area (Å²) in [5, 5.41) is 8.83. The Morgan fingerprint density at radius 1 is 1.39 bits per heavy atom. The number of carbonyl (C=O) groups is 1. The van der Waals surface area contributed by atoms with Crippen LogP contribution in [0.15, 0.2) is 41.5 Å². The number of rotatable bonds is 4. The molecule has 0 aliphatic carbocycles. The van der Waals surface area contributed by atoms with Gasteiger partial charge < -0.3 is 10.1 Å². The summed E-state index contributed by atoms with van der Waals surface area (Å²) in [4.78, 5) is 24.7. The lowest BCUT2D eigenvalue weighted by Gasteiger charge is -2.07. The van der Waals surface area contributed by atoms with E-state index in [0.717, 1.165) is 11.3 Å². The highest BCUT2D eigenvalue weighted by Crippen LogP contribution is 2.12.